The predicted octanol–water partition coefficient (Wildman–Crippen LogP) is 2.32. The molecule has 2 aliphatic carbocycles. The van der Waals surface area contributed by atoms with Gasteiger partial charge in [-0.2, -0.15) is 0 Å². The van der Waals surface area contributed by atoms with E-state index in [9.17, 15) is 14.1 Å². The molecule has 0 saturated heterocycles. The maximum atomic E-state index is 12.5. The van der Waals surface area contributed by atoms with Crippen LogP contribution in [0.1, 0.15) is 58.3 Å². The van der Waals surface area contributed by atoms with Crippen molar-refractivity contribution in [1.82, 2.24) is 0 Å². The van der Waals surface area contributed by atoms with E-state index in [1.165, 1.54) is 6.42 Å². The number of aliphatic hydroxyl groups is 1. The maximum Gasteiger partial charge on any atom is 0.306 e. The van der Waals surface area contributed by atoms with Crippen LogP contribution in [0.4, 0.5) is 0 Å². The van der Waals surface area contributed by atoms with Gasteiger partial charge in [-0.05, 0) is 44.4 Å². The summed E-state index contributed by atoms with van der Waals surface area (Å²) in [5.41, 5.74) is -0.905. The minimum atomic E-state index is -0.983. The highest BCUT2D eigenvalue weighted by molar-refractivity contribution is 7.85. The van der Waals surface area contributed by atoms with Gasteiger partial charge >= 0.3 is 5.97 Å². The van der Waals surface area contributed by atoms with Crippen LogP contribution < -0.4 is 0 Å². The number of aliphatic carboxylic acids is 1. The van der Waals surface area contributed by atoms with Crippen LogP contribution in [0.5, 0.6) is 0 Å². The highest BCUT2D eigenvalue weighted by Crippen LogP contribution is 2.35. The molecule has 2 saturated carbocycles. The van der Waals surface area contributed by atoms with Gasteiger partial charge in [0.15, 0.2) is 0 Å². The number of hydrogen-bond donors (Lipinski definition) is 2. The minimum Gasteiger partial charge on any atom is -0.481 e. The van der Waals surface area contributed by atoms with E-state index >= 15 is 0 Å². The van der Waals surface area contributed by atoms with Gasteiger partial charge in [-0.1, -0.05) is 19.8 Å². The quantitative estimate of drug-likeness (QED) is 0.836. The Morgan fingerprint density at radius 2 is 1.90 bits per heavy atom. The van der Waals surface area contributed by atoms with Crippen LogP contribution in [0.25, 0.3) is 0 Å². The van der Waals surface area contributed by atoms with E-state index in [2.05, 4.69) is 6.92 Å². The standard InChI is InChI=1S/C15H26O4S/c1-11-3-2-4-13(9-11)20(19)10-15(18)7-5-12(6-8-15)14(16)17/h11-13,18H,2-10H2,1H3,(H,16,17). The SMILES string of the molecule is CC1CCCC(S(=O)CC2(O)CCC(C(=O)O)CC2)C1. The average molecular weight is 302 g/mol. The minimum absolute atomic E-state index is 0.222. The van der Waals surface area contributed by atoms with Crippen LogP contribution >= 0.6 is 0 Å². The zero-order valence-corrected chi connectivity index (χ0v) is 13.0. The van der Waals surface area contributed by atoms with Crippen molar-refractivity contribution < 1.29 is 19.2 Å². The number of carboxylic acids is 1. The molecule has 0 aromatic rings. The summed E-state index contributed by atoms with van der Waals surface area (Å²) in [5.74, 6) is -0.140. The van der Waals surface area contributed by atoms with Gasteiger partial charge in [-0.15, -0.1) is 0 Å². The third-order valence-electron chi connectivity index (χ3n) is 4.94. The predicted molar refractivity (Wildman–Crippen MR) is 79.0 cm³/mol. The molecule has 2 aliphatic rings. The van der Waals surface area contributed by atoms with Crippen LogP contribution in [0.2, 0.25) is 0 Å². The molecule has 2 rings (SSSR count). The van der Waals surface area contributed by atoms with E-state index in [1.807, 2.05) is 0 Å². The molecule has 0 aliphatic heterocycles. The summed E-state index contributed by atoms with van der Waals surface area (Å²) in [6.45, 7) is 2.20. The van der Waals surface area contributed by atoms with E-state index in [0.29, 0.717) is 37.4 Å². The van der Waals surface area contributed by atoms with Crippen molar-refractivity contribution in [2.24, 2.45) is 11.8 Å². The topological polar surface area (TPSA) is 74.6 Å². The third kappa shape index (κ3) is 4.04. The van der Waals surface area contributed by atoms with Crippen LogP contribution in [0, 0.1) is 11.8 Å². The first-order chi connectivity index (χ1) is 9.39. The second kappa shape index (κ2) is 6.56. The van der Waals surface area contributed by atoms with Crippen LogP contribution in [0.15, 0.2) is 0 Å². The molecule has 2 N–H and O–H groups in total. The summed E-state index contributed by atoms with van der Waals surface area (Å²) >= 11 is 0. The largest absolute Gasteiger partial charge is 0.481 e. The van der Waals surface area contributed by atoms with Gasteiger partial charge < -0.3 is 10.2 Å². The Balaban J connectivity index is 1.86. The molecular weight excluding hydrogens is 276 g/mol. The molecule has 0 radical (unpaired) electrons. The summed E-state index contributed by atoms with van der Waals surface area (Å²) in [6.07, 6.45) is 6.31. The molecule has 2 fully saturated rings. The first-order valence-corrected chi connectivity index (χ1v) is 9.10. The van der Waals surface area contributed by atoms with E-state index in [-0.39, 0.29) is 11.2 Å². The molecule has 116 valence electrons. The average Bonchev–Trinajstić information content (AvgIpc) is 2.38. The highest BCUT2D eigenvalue weighted by atomic mass is 32.2. The Morgan fingerprint density at radius 1 is 1.25 bits per heavy atom. The molecule has 0 amide bonds. The molecule has 20 heavy (non-hydrogen) atoms. The van der Waals surface area contributed by atoms with Crippen LogP contribution in [-0.2, 0) is 15.6 Å². The van der Waals surface area contributed by atoms with Gasteiger partial charge in [0.2, 0.25) is 0 Å². The van der Waals surface area contributed by atoms with Gasteiger partial charge in [0.25, 0.3) is 0 Å². The van der Waals surface area contributed by atoms with Gasteiger partial charge in [-0.3, -0.25) is 9.00 Å². The molecule has 3 atom stereocenters. The molecule has 0 aromatic carbocycles. The normalized spacial score (nSPS) is 40.2. The Morgan fingerprint density at radius 3 is 2.45 bits per heavy atom. The van der Waals surface area contributed by atoms with Crippen molar-refractivity contribution in [3.05, 3.63) is 0 Å². The van der Waals surface area contributed by atoms with E-state index < -0.39 is 22.4 Å². The van der Waals surface area contributed by atoms with E-state index in [1.54, 1.807) is 0 Å². The van der Waals surface area contributed by atoms with Gasteiger partial charge in [0, 0.05) is 16.0 Å². The van der Waals surface area contributed by atoms with Crippen molar-refractivity contribution in [3.63, 3.8) is 0 Å². The summed E-state index contributed by atoms with van der Waals surface area (Å²) in [7, 11) is -0.983. The van der Waals surface area contributed by atoms with Gasteiger partial charge in [0.1, 0.15) is 0 Å². The first kappa shape index (κ1) is 16.0. The number of carboxylic acid groups (broad SMARTS) is 1. The summed E-state index contributed by atoms with van der Waals surface area (Å²) in [4.78, 5) is 10.9. The van der Waals surface area contributed by atoms with Gasteiger partial charge in [-0.25, -0.2) is 0 Å². The lowest BCUT2D eigenvalue weighted by molar-refractivity contribution is -0.144. The fraction of sp³-hybridized carbons (Fsp3) is 0.933. The zero-order valence-electron chi connectivity index (χ0n) is 12.2. The fourth-order valence-corrected chi connectivity index (χ4v) is 5.57. The van der Waals surface area contributed by atoms with Crippen LogP contribution in [0.3, 0.4) is 0 Å². The Bertz CT molecular complexity index is 374. The van der Waals surface area contributed by atoms with Crippen molar-refractivity contribution in [2.75, 3.05) is 5.75 Å². The van der Waals surface area contributed by atoms with Crippen LogP contribution in [-0.4, -0.2) is 37.0 Å². The Hall–Kier alpha value is -0.420. The lowest BCUT2D eigenvalue weighted by Gasteiger charge is -2.36. The summed E-state index contributed by atoms with van der Waals surface area (Å²) < 4.78 is 12.5. The lowest BCUT2D eigenvalue weighted by Crippen LogP contribution is -2.42. The summed E-state index contributed by atoms with van der Waals surface area (Å²) in [6, 6.07) is 0. The smallest absolute Gasteiger partial charge is 0.306 e. The second-order valence-corrected chi connectivity index (χ2v) is 8.47. The summed E-state index contributed by atoms with van der Waals surface area (Å²) in [5, 5.41) is 19.8. The third-order valence-corrected chi connectivity index (χ3v) is 6.93. The Kier molecular flexibility index (Phi) is 5.24. The number of hydrogen-bond acceptors (Lipinski definition) is 3. The monoisotopic (exact) mass is 302 g/mol. The molecule has 5 heteroatoms. The lowest BCUT2D eigenvalue weighted by atomic mass is 9.80. The second-order valence-electron chi connectivity index (χ2n) is 6.76. The number of rotatable bonds is 4. The molecular formula is C15H26O4S. The zero-order chi connectivity index (χ0) is 14.8. The van der Waals surface area contributed by atoms with Crippen molar-refractivity contribution in [1.29, 1.82) is 0 Å². The first-order valence-electron chi connectivity index (χ1n) is 7.72. The molecule has 3 unspecified atom stereocenters. The van der Waals surface area contributed by atoms with Gasteiger partial charge in [0.05, 0.1) is 17.3 Å². The van der Waals surface area contributed by atoms with E-state index in [4.69, 9.17) is 5.11 Å². The highest BCUT2D eigenvalue weighted by Gasteiger charge is 2.38. The Labute approximate surface area is 123 Å². The number of carbonyl (C=O) groups is 1. The van der Waals surface area contributed by atoms with Crippen molar-refractivity contribution >= 4 is 16.8 Å². The van der Waals surface area contributed by atoms with Crippen molar-refractivity contribution in [3.8, 4) is 0 Å². The van der Waals surface area contributed by atoms with E-state index in [0.717, 1.165) is 19.3 Å². The molecule has 0 heterocycles. The van der Waals surface area contributed by atoms with Crippen molar-refractivity contribution in [2.45, 2.75) is 69.1 Å². The molecule has 0 aromatic heterocycles. The molecule has 0 bridgehead atoms. The maximum absolute atomic E-state index is 12.5. The molecule has 4 nitrogen and oxygen atoms in total. The molecule has 0 spiro atoms. The fourth-order valence-electron chi connectivity index (χ4n) is 3.55.